The van der Waals surface area contributed by atoms with Crippen molar-refractivity contribution >= 4 is 30.1 Å². The molecule has 0 bridgehead atoms. The van der Waals surface area contributed by atoms with Gasteiger partial charge in [-0.1, -0.05) is 18.2 Å². The summed E-state index contributed by atoms with van der Waals surface area (Å²) < 4.78 is 0. The number of guanidine groups is 1. The number of halogens is 1. The van der Waals surface area contributed by atoms with Gasteiger partial charge in [-0.3, -0.25) is 5.41 Å². The van der Waals surface area contributed by atoms with Gasteiger partial charge in [0.2, 0.25) is 5.96 Å². The summed E-state index contributed by atoms with van der Waals surface area (Å²) in [5.74, 6) is -0.277. The van der Waals surface area contributed by atoms with E-state index in [1.54, 1.807) is 14.1 Å². The lowest BCUT2D eigenvalue weighted by molar-refractivity contribution is 0.227. The molecular weight excluding hydrogens is 252 g/mol. The third-order valence-electron chi connectivity index (χ3n) is 2.48. The highest BCUT2D eigenvalue weighted by atomic mass is 35.5. The van der Waals surface area contributed by atoms with Gasteiger partial charge in [-0.2, -0.15) is 0 Å². The van der Waals surface area contributed by atoms with E-state index in [-0.39, 0.29) is 24.4 Å². The van der Waals surface area contributed by atoms with Crippen molar-refractivity contribution in [3.63, 3.8) is 0 Å². The van der Waals surface area contributed by atoms with Crippen LogP contribution in [0.5, 0.6) is 0 Å². The molecule has 0 aliphatic carbocycles. The first-order chi connectivity index (χ1) is 7.86. The van der Waals surface area contributed by atoms with Crippen LogP contribution < -0.4 is 10.6 Å². The normalized spacial score (nSPS) is 9.33. The number of para-hydroxylation sites is 1. The lowest BCUT2D eigenvalue weighted by Crippen LogP contribution is -2.47. The third-order valence-corrected chi connectivity index (χ3v) is 2.48. The zero-order valence-electron chi connectivity index (χ0n) is 11.0. The molecule has 0 radical (unpaired) electrons. The van der Waals surface area contributed by atoms with Gasteiger partial charge in [0, 0.05) is 14.1 Å². The van der Waals surface area contributed by atoms with Crippen LogP contribution in [-0.4, -0.2) is 31.0 Å². The minimum absolute atomic E-state index is 0. The Morgan fingerprint density at radius 3 is 2.00 bits per heavy atom. The van der Waals surface area contributed by atoms with Crippen LogP contribution in [0.25, 0.3) is 0 Å². The molecule has 1 aromatic carbocycles. The third kappa shape index (κ3) is 3.13. The number of carbonyl (C=O) groups excluding carboxylic acids is 1. The first-order valence-corrected chi connectivity index (χ1v) is 5.28. The molecule has 0 heterocycles. The standard InChI is InChI=1S/C12H18N4O.ClH/c1-8-6-5-7-9(2)10(8)16(11(13)14)12(17)15(3)4;/h5-7H,1-4H3,(H3,13,14);1H. The molecule has 100 valence electrons. The van der Waals surface area contributed by atoms with Crippen molar-refractivity contribution in [2.24, 2.45) is 5.73 Å². The highest BCUT2D eigenvalue weighted by Crippen LogP contribution is 2.24. The summed E-state index contributed by atoms with van der Waals surface area (Å²) in [5, 5.41) is 7.56. The van der Waals surface area contributed by atoms with Crippen molar-refractivity contribution in [1.29, 1.82) is 5.41 Å². The van der Waals surface area contributed by atoms with Gasteiger partial charge in [0.1, 0.15) is 0 Å². The number of urea groups is 1. The lowest BCUT2D eigenvalue weighted by atomic mass is 10.1. The van der Waals surface area contributed by atoms with Crippen LogP contribution in [0.1, 0.15) is 11.1 Å². The fourth-order valence-corrected chi connectivity index (χ4v) is 1.68. The zero-order chi connectivity index (χ0) is 13.2. The number of anilines is 1. The van der Waals surface area contributed by atoms with E-state index in [1.807, 2.05) is 32.0 Å². The number of nitrogens with two attached hydrogens (primary N) is 1. The first kappa shape index (κ1) is 16.2. The van der Waals surface area contributed by atoms with Crippen LogP contribution in [0.15, 0.2) is 18.2 Å². The first-order valence-electron chi connectivity index (χ1n) is 5.28. The zero-order valence-corrected chi connectivity index (χ0v) is 11.8. The second-order valence-electron chi connectivity index (χ2n) is 4.14. The van der Waals surface area contributed by atoms with E-state index >= 15 is 0 Å². The molecule has 5 nitrogen and oxygen atoms in total. The van der Waals surface area contributed by atoms with Gasteiger partial charge in [-0.15, -0.1) is 12.4 Å². The van der Waals surface area contributed by atoms with E-state index in [2.05, 4.69) is 0 Å². The maximum absolute atomic E-state index is 12.0. The second kappa shape index (κ2) is 6.26. The summed E-state index contributed by atoms with van der Waals surface area (Å²) in [6, 6.07) is 5.37. The van der Waals surface area contributed by atoms with Crippen LogP contribution in [-0.2, 0) is 0 Å². The van der Waals surface area contributed by atoms with Crippen LogP contribution in [0.3, 0.4) is 0 Å². The predicted octanol–water partition coefficient (Wildman–Crippen LogP) is 2.11. The molecule has 2 amide bonds. The summed E-state index contributed by atoms with van der Waals surface area (Å²) in [4.78, 5) is 14.6. The summed E-state index contributed by atoms with van der Waals surface area (Å²) in [7, 11) is 3.26. The number of rotatable bonds is 1. The Bertz CT molecular complexity index is 439. The van der Waals surface area contributed by atoms with Gasteiger partial charge in [0.15, 0.2) is 0 Å². The minimum atomic E-state index is -0.324. The Balaban J connectivity index is 0.00000289. The molecule has 0 fully saturated rings. The molecule has 0 aromatic heterocycles. The van der Waals surface area contributed by atoms with Crippen LogP contribution in [0, 0.1) is 19.3 Å². The minimum Gasteiger partial charge on any atom is -0.369 e. The van der Waals surface area contributed by atoms with E-state index in [4.69, 9.17) is 11.1 Å². The van der Waals surface area contributed by atoms with Crippen LogP contribution in [0.2, 0.25) is 0 Å². The number of nitrogens with one attached hydrogen (secondary N) is 1. The quantitative estimate of drug-likeness (QED) is 0.606. The van der Waals surface area contributed by atoms with Crippen molar-refractivity contribution in [3.8, 4) is 0 Å². The topological polar surface area (TPSA) is 73.4 Å². The summed E-state index contributed by atoms with van der Waals surface area (Å²) >= 11 is 0. The van der Waals surface area contributed by atoms with Gasteiger partial charge in [0.05, 0.1) is 5.69 Å². The average molecular weight is 271 g/mol. The van der Waals surface area contributed by atoms with Gasteiger partial charge < -0.3 is 10.6 Å². The molecule has 0 unspecified atom stereocenters. The van der Waals surface area contributed by atoms with Crippen LogP contribution in [0.4, 0.5) is 10.5 Å². The fraction of sp³-hybridized carbons (Fsp3) is 0.333. The molecule has 0 saturated heterocycles. The van der Waals surface area contributed by atoms with Crippen molar-refractivity contribution in [2.75, 3.05) is 19.0 Å². The number of carbonyl (C=O) groups is 1. The molecule has 3 N–H and O–H groups in total. The predicted molar refractivity (Wildman–Crippen MR) is 76.6 cm³/mol. The van der Waals surface area contributed by atoms with E-state index in [0.29, 0.717) is 5.69 Å². The van der Waals surface area contributed by atoms with E-state index in [0.717, 1.165) is 11.1 Å². The van der Waals surface area contributed by atoms with Gasteiger partial charge in [-0.05, 0) is 25.0 Å². The highest BCUT2D eigenvalue weighted by Gasteiger charge is 2.23. The van der Waals surface area contributed by atoms with E-state index < -0.39 is 0 Å². The SMILES string of the molecule is Cc1cccc(C)c1N(C(=N)N)C(=O)N(C)C.Cl. The summed E-state index contributed by atoms with van der Waals surface area (Å²) in [6.45, 7) is 3.78. The number of hydrogen-bond donors (Lipinski definition) is 2. The molecule has 0 saturated carbocycles. The smallest absolute Gasteiger partial charge is 0.330 e. The maximum atomic E-state index is 12.0. The number of hydrogen-bond acceptors (Lipinski definition) is 2. The Hall–Kier alpha value is -1.75. The summed E-state index contributed by atoms with van der Waals surface area (Å²) in [6.07, 6.45) is 0. The van der Waals surface area contributed by atoms with Crippen molar-refractivity contribution in [2.45, 2.75) is 13.8 Å². The molecule has 18 heavy (non-hydrogen) atoms. The summed E-state index contributed by atoms with van der Waals surface area (Å²) in [5.41, 5.74) is 8.01. The molecule has 0 aliphatic rings. The van der Waals surface area contributed by atoms with Crippen molar-refractivity contribution < 1.29 is 4.79 Å². The molecule has 0 atom stereocenters. The number of nitrogens with zero attached hydrogens (tertiary/aromatic N) is 2. The number of benzene rings is 1. The Morgan fingerprint density at radius 2 is 1.67 bits per heavy atom. The average Bonchev–Trinajstić information content (AvgIpc) is 2.22. The largest absolute Gasteiger partial charge is 0.369 e. The Labute approximate surface area is 113 Å². The lowest BCUT2D eigenvalue weighted by Gasteiger charge is -2.27. The molecule has 1 aromatic rings. The Morgan fingerprint density at radius 1 is 1.22 bits per heavy atom. The molecular formula is C12H19ClN4O. The van der Waals surface area contributed by atoms with E-state index in [1.165, 1.54) is 9.80 Å². The molecule has 6 heteroatoms. The monoisotopic (exact) mass is 270 g/mol. The van der Waals surface area contributed by atoms with Gasteiger partial charge >= 0.3 is 6.03 Å². The van der Waals surface area contributed by atoms with Gasteiger partial charge in [0.25, 0.3) is 0 Å². The number of amides is 2. The fourth-order valence-electron chi connectivity index (χ4n) is 1.68. The van der Waals surface area contributed by atoms with Crippen LogP contribution >= 0.6 is 12.4 Å². The van der Waals surface area contributed by atoms with Gasteiger partial charge in [-0.25, -0.2) is 9.69 Å². The molecule has 1 rings (SSSR count). The Kier molecular flexibility index (Phi) is 5.65. The molecule has 0 aliphatic heterocycles. The highest BCUT2D eigenvalue weighted by molar-refractivity contribution is 6.14. The van der Waals surface area contributed by atoms with Crippen molar-refractivity contribution in [3.05, 3.63) is 29.3 Å². The molecule has 0 spiro atoms. The van der Waals surface area contributed by atoms with Crippen molar-refractivity contribution in [1.82, 2.24) is 4.90 Å². The maximum Gasteiger partial charge on any atom is 0.330 e. The second-order valence-corrected chi connectivity index (χ2v) is 4.14. The van der Waals surface area contributed by atoms with E-state index in [9.17, 15) is 4.79 Å². The number of aryl methyl sites for hydroxylation is 2.